The molecule has 0 fully saturated rings. The van der Waals surface area contributed by atoms with Gasteiger partial charge >= 0.3 is 0 Å². The number of hydrogen-bond acceptors (Lipinski definition) is 4. The zero-order chi connectivity index (χ0) is 24.2. The fraction of sp³-hybridized carbons (Fsp3) is 0.615. The molecule has 184 valence electrons. The molecule has 7 heteroatoms. The molecule has 2 aromatic rings. The van der Waals surface area contributed by atoms with Gasteiger partial charge in [0.2, 0.25) is 0 Å². The predicted molar refractivity (Wildman–Crippen MR) is 145 cm³/mol. The molecule has 2 N–H and O–H groups in total. The van der Waals surface area contributed by atoms with Crippen LogP contribution in [0.5, 0.6) is 0 Å². The number of nitrogens with zero attached hydrogens (tertiary/aromatic N) is 3. The SMILES string of the molecule is CCc1ccc2[nH]c(=O)c(CN(CCN(CC)CC)C(=S)NCCCN(CC)CC)cc2c1. The van der Waals surface area contributed by atoms with Gasteiger partial charge in [0, 0.05) is 30.7 Å². The van der Waals surface area contributed by atoms with Crippen molar-refractivity contribution >= 4 is 28.2 Å². The van der Waals surface area contributed by atoms with Gasteiger partial charge in [-0.15, -0.1) is 0 Å². The number of aromatic nitrogens is 1. The molecule has 1 aromatic carbocycles. The van der Waals surface area contributed by atoms with Crippen molar-refractivity contribution in [1.82, 2.24) is 25.0 Å². The zero-order valence-corrected chi connectivity index (χ0v) is 22.1. The standard InChI is InChI=1S/C26H43N5OS/c1-6-21-12-13-24-22(18-21)19-23(25(32)28-24)20-31(17-16-30(9-4)10-5)26(33)27-14-11-15-29(7-2)8-3/h12-13,18-19H,6-11,14-17,20H2,1-5H3,(H,27,33)(H,28,32). The van der Waals surface area contributed by atoms with Crippen molar-refractivity contribution in [2.24, 2.45) is 0 Å². The lowest BCUT2D eigenvalue weighted by molar-refractivity contribution is 0.262. The van der Waals surface area contributed by atoms with Gasteiger partial charge in [0.05, 0.1) is 6.54 Å². The van der Waals surface area contributed by atoms with Crippen LogP contribution in [0.1, 0.15) is 52.2 Å². The molecule has 0 aliphatic rings. The number of hydrogen-bond donors (Lipinski definition) is 2. The number of pyridine rings is 1. The molecule has 1 aromatic heterocycles. The minimum Gasteiger partial charge on any atom is -0.363 e. The van der Waals surface area contributed by atoms with Crippen LogP contribution in [0.15, 0.2) is 29.1 Å². The third-order valence-electron chi connectivity index (χ3n) is 6.44. The molecule has 33 heavy (non-hydrogen) atoms. The van der Waals surface area contributed by atoms with Gasteiger partial charge in [-0.25, -0.2) is 0 Å². The van der Waals surface area contributed by atoms with Gasteiger partial charge in [0.1, 0.15) is 0 Å². The first-order valence-corrected chi connectivity index (χ1v) is 13.0. The molecule has 0 atom stereocenters. The maximum atomic E-state index is 12.8. The quantitative estimate of drug-likeness (QED) is 0.321. The van der Waals surface area contributed by atoms with Crippen LogP contribution in [0.4, 0.5) is 0 Å². The smallest absolute Gasteiger partial charge is 0.253 e. The number of fused-ring (bicyclic) bond motifs is 1. The zero-order valence-electron chi connectivity index (χ0n) is 21.2. The van der Waals surface area contributed by atoms with Crippen LogP contribution in [-0.2, 0) is 13.0 Å². The Labute approximate surface area is 205 Å². The first kappa shape index (κ1) is 27.3. The third kappa shape index (κ3) is 8.40. The van der Waals surface area contributed by atoms with Gasteiger partial charge in [-0.2, -0.15) is 0 Å². The molecule has 0 amide bonds. The molecular weight excluding hydrogens is 430 g/mol. The van der Waals surface area contributed by atoms with Crippen molar-refractivity contribution in [3.63, 3.8) is 0 Å². The van der Waals surface area contributed by atoms with E-state index >= 15 is 0 Å². The maximum absolute atomic E-state index is 12.8. The number of thiocarbonyl (C=S) groups is 1. The van der Waals surface area contributed by atoms with E-state index in [2.05, 4.69) is 71.8 Å². The van der Waals surface area contributed by atoms with Crippen molar-refractivity contribution in [2.45, 2.75) is 54.0 Å². The minimum atomic E-state index is -0.0380. The molecule has 0 saturated carbocycles. The van der Waals surface area contributed by atoms with Crippen LogP contribution >= 0.6 is 12.2 Å². The van der Waals surface area contributed by atoms with Gasteiger partial charge in [-0.3, -0.25) is 4.79 Å². The second-order valence-corrected chi connectivity index (χ2v) is 8.85. The van der Waals surface area contributed by atoms with Crippen molar-refractivity contribution in [1.29, 1.82) is 0 Å². The summed E-state index contributed by atoms with van der Waals surface area (Å²) in [6.45, 7) is 19.2. The summed E-state index contributed by atoms with van der Waals surface area (Å²) in [4.78, 5) is 22.8. The van der Waals surface area contributed by atoms with Gasteiger partial charge in [-0.05, 0) is 86.9 Å². The third-order valence-corrected chi connectivity index (χ3v) is 6.85. The Hall–Kier alpha value is -1.96. The Morgan fingerprint density at radius 2 is 1.61 bits per heavy atom. The fourth-order valence-electron chi connectivity index (χ4n) is 4.05. The number of aromatic amines is 1. The molecule has 0 saturated heterocycles. The van der Waals surface area contributed by atoms with Gasteiger partial charge in [0.15, 0.2) is 5.11 Å². The van der Waals surface area contributed by atoms with Crippen molar-refractivity contribution in [2.75, 3.05) is 52.4 Å². The molecule has 0 unspecified atom stereocenters. The minimum absolute atomic E-state index is 0.0380. The Balaban J connectivity index is 2.14. The highest BCUT2D eigenvalue weighted by atomic mass is 32.1. The molecule has 0 bridgehead atoms. The first-order valence-electron chi connectivity index (χ1n) is 12.6. The summed E-state index contributed by atoms with van der Waals surface area (Å²) >= 11 is 5.78. The van der Waals surface area contributed by atoms with E-state index in [0.717, 1.165) is 86.8 Å². The van der Waals surface area contributed by atoms with E-state index in [1.54, 1.807) is 0 Å². The highest BCUT2D eigenvalue weighted by Gasteiger charge is 2.15. The van der Waals surface area contributed by atoms with Gasteiger partial charge < -0.3 is 25.0 Å². The first-order chi connectivity index (χ1) is 15.9. The summed E-state index contributed by atoms with van der Waals surface area (Å²) in [6.07, 6.45) is 2.02. The summed E-state index contributed by atoms with van der Waals surface area (Å²) in [5.41, 5.74) is 2.86. The second kappa shape index (κ2) is 14.3. The van der Waals surface area contributed by atoms with E-state index in [1.165, 1.54) is 5.56 Å². The summed E-state index contributed by atoms with van der Waals surface area (Å²) in [5.74, 6) is 0. The topological polar surface area (TPSA) is 54.6 Å². The monoisotopic (exact) mass is 473 g/mol. The number of rotatable bonds is 14. The van der Waals surface area contributed by atoms with Gasteiger partial charge in [-0.1, -0.05) is 40.7 Å². The molecule has 2 rings (SSSR count). The molecular formula is C26H43N5OS. The number of H-pyrrole nitrogens is 1. The van der Waals surface area contributed by atoms with E-state index in [1.807, 2.05) is 12.1 Å². The van der Waals surface area contributed by atoms with Crippen molar-refractivity contribution in [3.05, 3.63) is 45.7 Å². The summed E-state index contributed by atoms with van der Waals surface area (Å²) in [6, 6.07) is 8.27. The van der Waals surface area contributed by atoms with Crippen LogP contribution in [0.25, 0.3) is 10.9 Å². The average Bonchev–Trinajstić information content (AvgIpc) is 2.83. The van der Waals surface area contributed by atoms with E-state index < -0.39 is 0 Å². The highest BCUT2D eigenvalue weighted by molar-refractivity contribution is 7.80. The summed E-state index contributed by atoms with van der Waals surface area (Å²) < 4.78 is 0. The molecule has 0 radical (unpaired) electrons. The lowest BCUT2D eigenvalue weighted by Gasteiger charge is -2.29. The Kier molecular flexibility index (Phi) is 11.9. The average molecular weight is 474 g/mol. The highest BCUT2D eigenvalue weighted by Crippen LogP contribution is 2.15. The Bertz CT molecular complexity index is 921. The fourth-order valence-corrected chi connectivity index (χ4v) is 4.31. The Morgan fingerprint density at radius 1 is 0.939 bits per heavy atom. The molecule has 0 aliphatic carbocycles. The maximum Gasteiger partial charge on any atom is 0.253 e. The Morgan fingerprint density at radius 3 is 2.24 bits per heavy atom. The van der Waals surface area contributed by atoms with E-state index in [-0.39, 0.29) is 5.56 Å². The molecule has 6 nitrogen and oxygen atoms in total. The number of likely N-dealkylation sites (N-methyl/N-ethyl adjacent to an activating group) is 1. The normalized spacial score (nSPS) is 11.5. The summed E-state index contributed by atoms with van der Waals surface area (Å²) in [7, 11) is 0. The molecule has 0 spiro atoms. The number of nitrogens with one attached hydrogen (secondary N) is 2. The van der Waals surface area contributed by atoms with Crippen LogP contribution in [0.3, 0.4) is 0 Å². The second-order valence-electron chi connectivity index (χ2n) is 8.46. The largest absolute Gasteiger partial charge is 0.363 e. The lowest BCUT2D eigenvalue weighted by Crippen LogP contribution is -2.44. The lowest BCUT2D eigenvalue weighted by atomic mass is 10.1. The van der Waals surface area contributed by atoms with Crippen molar-refractivity contribution < 1.29 is 0 Å². The molecule has 0 aliphatic heterocycles. The number of benzene rings is 1. The van der Waals surface area contributed by atoms with E-state index in [9.17, 15) is 4.79 Å². The van der Waals surface area contributed by atoms with Crippen LogP contribution < -0.4 is 10.9 Å². The molecule has 1 heterocycles. The predicted octanol–water partition coefficient (Wildman–Crippen LogP) is 3.84. The van der Waals surface area contributed by atoms with E-state index in [0.29, 0.717) is 6.54 Å². The van der Waals surface area contributed by atoms with Crippen LogP contribution in [0, 0.1) is 0 Å². The van der Waals surface area contributed by atoms with Gasteiger partial charge in [0.25, 0.3) is 5.56 Å². The van der Waals surface area contributed by atoms with Crippen molar-refractivity contribution in [3.8, 4) is 0 Å². The summed E-state index contributed by atoms with van der Waals surface area (Å²) in [5, 5.41) is 5.24. The van der Waals surface area contributed by atoms with Crippen LogP contribution in [0.2, 0.25) is 0 Å². The van der Waals surface area contributed by atoms with E-state index in [4.69, 9.17) is 12.2 Å². The number of aryl methyl sites for hydroxylation is 1. The van der Waals surface area contributed by atoms with Crippen LogP contribution in [-0.4, -0.2) is 77.2 Å².